The van der Waals surface area contributed by atoms with Gasteiger partial charge in [-0.05, 0) is 13.8 Å². The lowest BCUT2D eigenvalue weighted by Gasteiger charge is -2.13. The third-order valence-electron chi connectivity index (χ3n) is 2.90. The summed E-state index contributed by atoms with van der Waals surface area (Å²) in [5.41, 5.74) is 0. The smallest absolute Gasteiger partial charge is 0.307 e. The highest BCUT2D eigenvalue weighted by Gasteiger charge is 2.33. The molecule has 0 spiro atoms. The average Bonchev–Trinajstić information content (AvgIpc) is 2.71. The van der Waals surface area contributed by atoms with Crippen molar-refractivity contribution < 1.29 is 19.1 Å². The number of nitrogens with one attached hydrogen (secondary N) is 1. The van der Waals surface area contributed by atoms with E-state index in [9.17, 15) is 14.4 Å². The van der Waals surface area contributed by atoms with Crippen molar-refractivity contribution in [3.05, 3.63) is 0 Å². The van der Waals surface area contributed by atoms with Gasteiger partial charge in [0, 0.05) is 26.1 Å². The van der Waals surface area contributed by atoms with E-state index < -0.39 is 0 Å². The molecule has 1 heterocycles. The fourth-order valence-electron chi connectivity index (χ4n) is 1.92. The molecule has 1 aliphatic heterocycles. The molecule has 0 aromatic heterocycles. The molecule has 0 aromatic carbocycles. The zero-order valence-electron chi connectivity index (χ0n) is 10.9. The standard InChI is InChI=1S/C12H20N2O4/c1-3-14-8-9(7-10(14)15)12(17)13-6-5-11(16)18-4-2/h9H,3-8H2,1-2H3,(H,13,17). The minimum absolute atomic E-state index is 0.0167. The number of rotatable bonds is 6. The fraction of sp³-hybridized carbons (Fsp3) is 0.750. The van der Waals surface area contributed by atoms with Gasteiger partial charge >= 0.3 is 5.97 Å². The quantitative estimate of drug-likeness (QED) is 0.675. The number of esters is 1. The van der Waals surface area contributed by atoms with Gasteiger partial charge in [0.05, 0.1) is 18.9 Å². The molecule has 1 fully saturated rings. The lowest BCUT2D eigenvalue weighted by Crippen LogP contribution is -2.34. The van der Waals surface area contributed by atoms with Crippen molar-refractivity contribution >= 4 is 17.8 Å². The van der Waals surface area contributed by atoms with Gasteiger partial charge in [0.2, 0.25) is 11.8 Å². The number of carbonyl (C=O) groups excluding carboxylic acids is 3. The highest BCUT2D eigenvalue weighted by molar-refractivity contribution is 5.89. The Kier molecular flexibility index (Phi) is 5.61. The van der Waals surface area contributed by atoms with Crippen LogP contribution in [0.5, 0.6) is 0 Å². The Balaban J connectivity index is 2.26. The van der Waals surface area contributed by atoms with Crippen LogP contribution < -0.4 is 5.32 Å². The van der Waals surface area contributed by atoms with E-state index >= 15 is 0 Å². The van der Waals surface area contributed by atoms with Gasteiger partial charge < -0.3 is 15.0 Å². The van der Waals surface area contributed by atoms with Gasteiger partial charge in [-0.3, -0.25) is 14.4 Å². The van der Waals surface area contributed by atoms with E-state index in [-0.39, 0.29) is 43.1 Å². The predicted octanol–water partition coefficient (Wildman–Crippen LogP) is -0.0758. The second-order valence-electron chi connectivity index (χ2n) is 4.18. The van der Waals surface area contributed by atoms with Crippen molar-refractivity contribution in [3.8, 4) is 0 Å². The van der Waals surface area contributed by atoms with Crippen LogP contribution in [0.2, 0.25) is 0 Å². The largest absolute Gasteiger partial charge is 0.466 e. The van der Waals surface area contributed by atoms with Gasteiger partial charge in [0.15, 0.2) is 0 Å². The Morgan fingerprint density at radius 2 is 2.17 bits per heavy atom. The predicted molar refractivity (Wildman–Crippen MR) is 64.6 cm³/mol. The molecule has 0 aromatic rings. The Bertz CT molecular complexity index is 330. The van der Waals surface area contributed by atoms with Gasteiger partial charge in [-0.2, -0.15) is 0 Å². The van der Waals surface area contributed by atoms with Crippen LogP contribution in [0.3, 0.4) is 0 Å². The monoisotopic (exact) mass is 256 g/mol. The molecule has 102 valence electrons. The van der Waals surface area contributed by atoms with Crippen molar-refractivity contribution in [2.24, 2.45) is 5.92 Å². The summed E-state index contributed by atoms with van der Waals surface area (Å²) in [6.07, 6.45) is 0.427. The zero-order chi connectivity index (χ0) is 13.5. The molecular weight excluding hydrogens is 236 g/mol. The van der Waals surface area contributed by atoms with E-state index in [4.69, 9.17) is 4.74 Å². The molecule has 1 saturated heterocycles. The third kappa shape index (κ3) is 4.01. The lowest BCUT2D eigenvalue weighted by atomic mass is 10.1. The highest BCUT2D eigenvalue weighted by Crippen LogP contribution is 2.17. The van der Waals surface area contributed by atoms with Gasteiger partial charge in [0.1, 0.15) is 0 Å². The molecule has 6 nitrogen and oxygen atoms in total. The maximum absolute atomic E-state index is 11.7. The van der Waals surface area contributed by atoms with Crippen molar-refractivity contribution in [2.45, 2.75) is 26.7 Å². The van der Waals surface area contributed by atoms with E-state index in [1.165, 1.54) is 0 Å². The van der Waals surface area contributed by atoms with Crippen LogP contribution in [0.25, 0.3) is 0 Å². The van der Waals surface area contributed by atoms with Crippen LogP contribution in [-0.4, -0.2) is 48.9 Å². The average molecular weight is 256 g/mol. The van der Waals surface area contributed by atoms with Crippen LogP contribution in [-0.2, 0) is 19.1 Å². The van der Waals surface area contributed by atoms with Gasteiger partial charge in [-0.25, -0.2) is 0 Å². The van der Waals surface area contributed by atoms with Gasteiger partial charge in [0.25, 0.3) is 0 Å². The minimum Gasteiger partial charge on any atom is -0.466 e. The van der Waals surface area contributed by atoms with Crippen molar-refractivity contribution in [1.29, 1.82) is 0 Å². The SMILES string of the molecule is CCOC(=O)CCNC(=O)C1CC(=O)N(CC)C1. The van der Waals surface area contributed by atoms with Gasteiger partial charge in [-0.15, -0.1) is 0 Å². The number of hydrogen-bond acceptors (Lipinski definition) is 4. The second-order valence-corrected chi connectivity index (χ2v) is 4.18. The van der Waals surface area contributed by atoms with Crippen LogP contribution in [0.15, 0.2) is 0 Å². The molecule has 1 N–H and O–H groups in total. The Labute approximate surface area is 107 Å². The van der Waals surface area contributed by atoms with Gasteiger partial charge in [-0.1, -0.05) is 0 Å². The second kappa shape index (κ2) is 6.98. The van der Waals surface area contributed by atoms with Crippen LogP contribution >= 0.6 is 0 Å². The third-order valence-corrected chi connectivity index (χ3v) is 2.90. The van der Waals surface area contributed by atoms with Crippen LogP contribution in [0, 0.1) is 5.92 Å². The first-order valence-corrected chi connectivity index (χ1v) is 6.29. The lowest BCUT2D eigenvalue weighted by molar-refractivity contribution is -0.143. The summed E-state index contributed by atoms with van der Waals surface area (Å²) in [6, 6.07) is 0. The number of likely N-dealkylation sites (tertiary alicyclic amines) is 1. The first kappa shape index (κ1) is 14.5. The summed E-state index contributed by atoms with van der Waals surface area (Å²) in [5, 5.41) is 2.66. The summed E-state index contributed by atoms with van der Waals surface area (Å²) in [4.78, 5) is 35.9. The maximum Gasteiger partial charge on any atom is 0.307 e. The molecule has 18 heavy (non-hydrogen) atoms. The number of ether oxygens (including phenoxy) is 1. The summed E-state index contributed by atoms with van der Waals surface area (Å²) < 4.78 is 4.75. The molecule has 0 aliphatic carbocycles. The number of hydrogen-bond donors (Lipinski definition) is 1. The summed E-state index contributed by atoms with van der Waals surface area (Å²) >= 11 is 0. The summed E-state index contributed by atoms with van der Waals surface area (Å²) in [5.74, 6) is -0.762. The molecular formula is C12H20N2O4. The molecule has 1 unspecified atom stereocenters. The Hall–Kier alpha value is -1.59. The van der Waals surface area contributed by atoms with E-state index in [1.807, 2.05) is 6.92 Å². The minimum atomic E-state index is -0.324. The molecule has 2 amide bonds. The van der Waals surface area contributed by atoms with Crippen LogP contribution in [0.4, 0.5) is 0 Å². The van der Waals surface area contributed by atoms with E-state index in [2.05, 4.69) is 5.32 Å². The zero-order valence-corrected chi connectivity index (χ0v) is 10.9. The van der Waals surface area contributed by atoms with Crippen molar-refractivity contribution in [3.63, 3.8) is 0 Å². The topological polar surface area (TPSA) is 75.7 Å². The van der Waals surface area contributed by atoms with E-state index in [0.29, 0.717) is 19.7 Å². The number of carbonyl (C=O) groups is 3. The fourth-order valence-corrected chi connectivity index (χ4v) is 1.92. The Morgan fingerprint density at radius 1 is 1.44 bits per heavy atom. The first-order valence-electron chi connectivity index (χ1n) is 6.29. The molecule has 0 radical (unpaired) electrons. The molecule has 1 aliphatic rings. The molecule has 0 saturated carbocycles. The number of amides is 2. The van der Waals surface area contributed by atoms with Crippen molar-refractivity contribution in [1.82, 2.24) is 10.2 Å². The Morgan fingerprint density at radius 3 is 2.72 bits per heavy atom. The number of nitrogens with zero attached hydrogens (tertiary/aromatic N) is 1. The first-order chi connectivity index (χ1) is 8.58. The maximum atomic E-state index is 11.7. The highest BCUT2D eigenvalue weighted by atomic mass is 16.5. The van der Waals surface area contributed by atoms with Crippen molar-refractivity contribution in [2.75, 3.05) is 26.2 Å². The molecule has 1 atom stereocenters. The normalized spacial score (nSPS) is 18.9. The molecule has 6 heteroatoms. The molecule has 1 rings (SSSR count). The van der Waals surface area contributed by atoms with E-state index in [1.54, 1.807) is 11.8 Å². The van der Waals surface area contributed by atoms with Crippen LogP contribution in [0.1, 0.15) is 26.7 Å². The van der Waals surface area contributed by atoms with E-state index in [0.717, 1.165) is 0 Å². The molecule has 0 bridgehead atoms. The summed E-state index contributed by atoms with van der Waals surface area (Å²) in [6.45, 7) is 5.33. The summed E-state index contributed by atoms with van der Waals surface area (Å²) in [7, 11) is 0.